The minimum absolute atomic E-state index is 0.0171. The molecule has 19 heavy (non-hydrogen) atoms. The fourth-order valence-electron chi connectivity index (χ4n) is 1.58. The summed E-state index contributed by atoms with van der Waals surface area (Å²) in [6.45, 7) is 0. The van der Waals surface area contributed by atoms with Crippen molar-refractivity contribution in [3.05, 3.63) is 42.5 Å². The highest BCUT2D eigenvalue weighted by molar-refractivity contribution is 7.89. The van der Waals surface area contributed by atoms with Crippen molar-refractivity contribution in [2.75, 3.05) is 7.11 Å². The van der Waals surface area contributed by atoms with Crippen molar-refractivity contribution in [1.29, 1.82) is 0 Å². The van der Waals surface area contributed by atoms with Gasteiger partial charge in [-0.3, -0.25) is 4.99 Å². The predicted molar refractivity (Wildman–Crippen MR) is 71.1 cm³/mol. The Balaban J connectivity index is 2.62. The van der Waals surface area contributed by atoms with Gasteiger partial charge in [-0.15, -0.1) is 0 Å². The second-order valence-electron chi connectivity index (χ2n) is 3.68. The van der Waals surface area contributed by atoms with Gasteiger partial charge in [0.1, 0.15) is 12.0 Å². The molecule has 1 aliphatic heterocycles. The zero-order chi connectivity index (χ0) is 13.9. The molecule has 0 spiro atoms. The lowest BCUT2D eigenvalue weighted by Gasteiger charge is -2.10. The minimum Gasteiger partial charge on any atom is -0.497 e. The van der Waals surface area contributed by atoms with Crippen LogP contribution in [0.2, 0.25) is 0 Å². The molecule has 0 fully saturated rings. The van der Waals surface area contributed by atoms with Gasteiger partial charge >= 0.3 is 0 Å². The fraction of sp³-hybridized carbons (Fsp3) is 0.0833. The van der Waals surface area contributed by atoms with Crippen LogP contribution >= 0.6 is 0 Å². The van der Waals surface area contributed by atoms with Crippen molar-refractivity contribution in [2.45, 2.75) is 4.90 Å². The largest absolute Gasteiger partial charge is 0.497 e. The van der Waals surface area contributed by atoms with Crippen LogP contribution in [0.25, 0.3) is 5.57 Å². The number of nitrogens with two attached hydrogens (primary N) is 1. The number of allylic oxidation sites excluding steroid dienone is 1. The van der Waals surface area contributed by atoms with Gasteiger partial charge in [0.25, 0.3) is 0 Å². The summed E-state index contributed by atoms with van der Waals surface area (Å²) in [6, 6.07) is 4.47. The third-order valence-electron chi connectivity index (χ3n) is 2.44. The van der Waals surface area contributed by atoms with E-state index in [1.165, 1.54) is 44.2 Å². The summed E-state index contributed by atoms with van der Waals surface area (Å²) in [4.78, 5) is 3.91. The molecule has 1 heterocycles. The molecular weight excluding hydrogens is 268 g/mol. The lowest BCUT2D eigenvalue weighted by atomic mass is 10.1. The predicted octanol–water partition coefficient (Wildman–Crippen LogP) is 1.26. The molecule has 1 aromatic rings. The maximum atomic E-state index is 11.6. The van der Waals surface area contributed by atoms with Crippen molar-refractivity contribution in [1.82, 2.24) is 0 Å². The molecule has 100 valence electrons. The van der Waals surface area contributed by atoms with Crippen LogP contribution < -0.4 is 9.88 Å². The topological polar surface area (TPSA) is 91.0 Å². The van der Waals surface area contributed by atoms with Gasteiger partial charge in [0, 0.05) is 17.4 Å². The van der Waals surface area contributed by atoms with E-state index in [9.17, 15) is 8.42 Å². The van der Waals surface area contributed by atoms with Crippen molar-refractivity contribution in [2.24, 2.45) is 10.1 Å². The smallest absolute Gasteiger partial charge is 0.238 e. The van der Waals surface area contributed by atoms with E-state index < -0.39 is 10.0 Å². The van der Waals surface area contributed by atoms with Crippen LogP contribution in [0.4, 0.5) is 0 Å². The molecule has 0 bridgehead atoms. The Morgan fingerprint density at radius 1 is 1.37 bits per heavy atom. The molecule has 0 aliphatic carbocycles. The lowest BCUT2D eigenvalue weighted by Crippen LogP contribution is -2.14. The quantitative estimate of drug-likeness (QED) is 0.902. The Morgan fingerprint density at radius 2 is 2.16 bits per heavy atom. The monoisotopic (exact) mass is 280 g/mol. The van der Waals surface area contributed by atoms with Gasteiger partial charge in [0.2, 0.25) is 10.0 Å². The Kier molecular flexibility index (Phi) is 3.68. The number of nitrogens with zero attached hydrogens (tertiary/aromatic N) is 1. The number of hydrogen-bond acceptors (Lipinski definition) is 5. The number of aliphatic imine (C=N–C) groups is 1. The number of sulfonamides is 1. The Bertz CT molecular complexity index is 675. The normalized spacial score (nSPS) is 14.5. The minimum atomic E-state index is -3.85. The van der Waals surface area contributed by atoms with Crippen LogP contribution in [-0.2, 0) is 14.8 Å². The molecule has 1 aromatic carbocycles. The van der Waals surface area contributed by atoms with Gasteiger partial charge in [0.15, 0.2) is 0 Å². The van der Waals surface area contributed by atoms with E-state index in [1.807, 2.05) is 0 Å². The first-order chi connectivity index (χ1) is 9.02. The summed E-state index contributed by atoms with van der Waals surface area (Å²) in [5.74, 6) is 0.508. The van der Waals surface area contributed by atoms with Crippen LogP contribution in [-0.4, -0.2) is 21.7 Å². The van der Waals surface area contributed by atoms with E-state index in [-0.39, 0.29) is 4.90 Å². The van der Waals surface area contributed by atoms with Crippen LogP contribution in [0.5, 0.6) is 5.75 Å². The lowest BCUT2D eigenvalue weighted by molar-refractivity contribution is 0.405. The molecule has 0 radical (unpaired) electrons. The van der Waals surface area contributed by atoms with Gasteiger partial charge in [0.05, 0.1) is 24.5 Å². The summed E-state index contributed by atoms with van der Waals surface area (Å²) in [6.07, 6.45) is 5.68. The molecular formula is C12H12N2O4S. The van der Waals surface area contributed by atoms with Crippen molar-refractivity contribution >= 4 is 21.8 Å². The van der Waals surface area contributed by atoms with Gasteiger partial charge in [-0.05, 0) is 18.2 Å². The highest BCUT2D eigenvalue weighted by Gasteiger charge is 2.17. The van der Waals surface area contributed by atoms with Crippen LogP contribution in [0, 0.1) is 0 Å². The summed E-state index contributed by atoms with van der Waals surface area (Å²) < 4.78 is 33.3. The van der Waals surface area contributed by atoms with E-state index in [2.05, 4.69) is 4.99 Å². The summed E-state index contributed by atoms with van der Waals surface area (Å²) >= 11 is 0. The first-order valence-corrected chi connectivity index (χ1v) is 6.82. The number of primary sulfonamides is 1. The molecule has 2 N–H and O–H groups in total. The number of ether oxygens (including phenoxy) is 2. The standard InChI is InChI=1S/C12H12N2O4S/c1-17-10-2-3-12(19(13,15)16)11(6-10)9-7-14-4-5-18-8-9/h2-8H,1H3,(H2,13,15,16). The van der Waals surface area contributed by atoms with Crippen molar-refractivity contribution in [3.63, 3.8) is 0 Å². The van der Waals surface area contributed by atoms with Crippen molar-refractivity contribution < 1.29 is 17.9 Å². The molecule has 0 unspecified atom stereocenters. The van der Waals surface area contributed by atoms with E-state index in [0.29, 0.717) is 16.9 Å². The maximum absolute atomic E-state index is 11.6. The molecule has 2 rings (SSSR count). The summed E-state index contributed by atoms with van der Waals surface area (Å²) in [7, 11) is -2.36. The average Bonchev–Trinajstić information content (AvgIpc) is 2.65. The number of methoxy groups -OCH3 is 1. The molecule has 7 heteroatoms. The molecule has 0 saturated carbocycles. The van der Waals surface area contributed by atoms with E-state index in [4.69, 9.17) is 14.6 Å². The van der Waals surface area contributed by atoms with E-state index in [1.54, 1.807) is 6.07 Å². The molecule has 0 saturated heterocycles. The second-order valence-corrected chi connectivity index (χ2v) is 5.21. The average molecular weight is 280 g/mol. The van der Waals surface area contributed by atoms with E-state index >= 15 is 0 Å². The van der Waals surface area contributed by atoms with Crippen LogP contribution in [0.15, 0.2) is 46.8 Å². The van der Waals surface area contributed by atoms with Crippen LogP contribution in [0.1, 0.15) is 5.56 Å². The zero-order valence-corrected chi connectivity index (χ0v) is 10.9. The van der Waals surface area contributed by atoms with Gasteiger partial charge < -0.3 is 9.47 Å². The van der Waals surface area contributed by atoms with Crippen molar-refractivity contribution in [3.8, 4) is 5.75 Å². The molecule has 0 aromatic heterocycles. The third kappa shape index (κ3) is 3.01. The Morgan fingerprint density at radius 3 is 2.84 bits per heavy atom. The first kappa shape index (κ1) is 13.3. The van der Waals surface area contributed by atoms with Gasteiger partial charge in [-0.2, -0.15) is 0 Å². The number of benzene rings is 1. The second kappa shape index (κ2) is 5.25. The molecule has 6 nitrogen and oxygen atoms in total. The van der Waals surface area contributed by atoms with E-state index in [0.717, 1.165) is 0 Å². The number of rotatable bonds is 3. The summed E-state index contributed by atoms with van der Waals surface area (Å²) in [5, 5.41) is 5.20. The Labute approximate surface area is 110 Å². The van der Waals surface area contributed by atoms with Gasteiger partial charge in [-0.25, -0.2) is 13.6 Å². The first-order valence-electron chi connectivity index (χ1n) is 5.27. The summed E-state index contributed by atoms with van der Waals surface area (Å²) in [5.41, 5.74) is 0.849. The molecule has 0 amide bonds. The fourth-order valence-corrected chi connectivity index (χ4v) is 2.32. The third-order valence-corrected chi connectivity index (χ3v) is 3.41. The Hall–Kier alpha value is -2.12. The van der Waals surface area contributed by atoms with Gasteiger partial charge in [-0.1, -0.05) is 0 Å². The molecule has 0 atom stereocenters. The highest BCUT2D eigenvalue weighted by Crippen LogP contribution is 2.27. The zero-order valence-electron chi connectivity index (χ0n) is 10.1. The highest BCUT2D eigenvalue weighted by atomic mass is 32.2. The SMILES string of the molecule is COc1ccc(S(N)(=O)=O)c(C2=COC=CN=C2)c1. The molecule has 1 aliphatic rings. The number of hydrogen-bond donors (Lipinski definition) is 1. The van der Waals surface area contributed by atoms with Crippen LogP contribution in [0.3, 0.4) is 0 Å². The maximum Gasteiger partial charge on any atom is 0.238 e.